The second-order valence-corrected chi connectivity index (χ2v) is 10.4. The van der Waals surface area contributed by atoms with Crippen molar-refractivity contribution in [1.82, 2.24) is 0 Å². The Balaban J connectivity index is 1.70. The van der Waals surface area contributed by atoms with Gasteiger partial charge >= 0.3 is 0 Å². The van der Waals surface area contributed by atoms with E-state index in [0.717, 1.165) is 19.3 Å². The van der Waals surface area contributed by atoms with Crippen molar-refractivity contribution < 1.29 is 0 Å². The Labute approximate surface area is 214 Å². The molecule has 4 aromatic carbocycles. The largest absolute Gasteiger partial charge is 0.103 e. The Morgan fingerprint density at radius 2 is 0.722 bits per heavy atom. The van der Waals surface area contributed by atoms with E-state index in [1.165, 1.54) is 66.8 Å². The van der Waals surface area contributed by atoms with Gasteiger partial charge in [0.15, 0.2) is 0 Å². The van der Waals surface area contributed by atoms with Crippen LogP contribution in [-0.2, 0) is 0 Å². The Bertz CT molecular complexity index is 1370. The predicted molar refractivity (Wildman–Crippen MR) is 153 cm³/mol. The molecule has 0 heterocycles. The van der Waals surface area contributed by atoms with Crippen molar-refractivity contribution in [3.05, 3.63) is 144 Å². The second-order valence-electron chi connectivity index (χ2n) is 10.4. The average molecular weight is 463 g/mol. The van der Waals surface area contributed by atoms with Gasteiger partial charge in [-0.05, 0) is 86.0 Å². The smallest absolute Gasteiger partial charge is 0.0142 e. The first-order valence-corrected chi connectivity index (χ1v) is 13.1. The number of rotatable bonds is 6. The summed E-state index contributed by atoms with van der Waals surface area (Å²) in [6.45, 7) is 12.5. The molecule has 0 saturated carbocycles. The highest BCUT2D eigenvalue weighted by molar-refractivity contribution is 6.02. The normalized spacial score (nSPS) is 19.5. The van der Waals surface area contributed by atoms with E-state index in [-0.39, 0.29) is 0 Å². The van der Waals surface area contributed by atoms with Crippen molar-refractivity contribution in [3.63, 3.8) is 0 Å². The molecule has 3 aliphatic rings. The number of hydrogen-bond donors (Lipinski definition) is 0. The van der Waals surface area contributed by atoms with Gasteiger partial charge in [0.1, 0.15) is 0 Å². The monoisotopic (exact) mass is 462 g/mol. The third-order valence-electron chi connectivity index (χ3n) is 8.69. The van der Waals surface area contributed by atoms with E-state index in [9.17, 15) is 0 Å². The van der Waals surface area contributed by atoms with Crippen molar-refractivity contribution >= 4 is 0 Å². The molecule has 0 aliphatic heterocycles. The highest BCUT2D eigenvalue weighted by Crippen LogP contribution is 2.65. The average Bonchev–Trinajstić information content (AvgIpc) is 3.52. The van der Waals surface area contributed by atoms with Gasteiger partial charge in [-0.25, -0.2) is 0 Å². The van der Waals surface area contributed by atoms with Crippen LogP contribution in [0, 0.1) is 0 Å². The van der Waals surface area contributed by atoms with Crippen LogP contribution < -0.4 is 0 Å². The lowest BCUT2D eigenvalue weighted by atomic mass is 9.79. The van der Waals surface area contributed by atoms with E-state index in [1.807, 2.05) is 0 Å². The molecule has 0 radical (unpaired) electrons. The third-order valence-corrected chi connectivity index (χ3v) is 8.69. The van der Waals surface area contributed by atoms with Gasteiger partial charge in [0, 0.05) is 17.8 Å². The van der Waals surface area contributed by atoms with E-state index < -0.39 is 0 Å². The van der Waals surface area contributed by atoms with Crippen LogP contribution in [-0.4, -0.2) is 0 Å². The molecule has 0 unspecified atom stereocenters. The van der Waals surface area contributed by atoms with Crippen LogP contribution in [0.15, 0.2) is 111 Å². The minimum atomic E-state index is 0.330. The lowest BCUT2D eigenvalue weighted by Gasteiger charge is -2.24. The van der Waals surface area contributed by atoms with Crippen molar-refractivity contribution in [2.45, 2.75) is 37.0 Å². The molecule has 0 bridgehead atoms. The van der Waals surface area contributed by atoms with E-state index in [2.05, 4.69) is 111 Å². The molecular formula is C36H30. The number of benzene rings is 4. The first-order chi connectivity index (χ1) is 17.8. The first-order valence-electron chi connectivity index (χ1n) is 13.1. The van der Waals surface area contributed by atoms with E-state index in [4.69, 9.17) is 0 Å². The van der Waals surface area contributed by atoms with Gasteiger partial charge in [-0.15, -0.1) is 19.7 Å². The molecule has 3 atom stereocenters. The van der Waals surface area contributed by atoms with E-state index in [1.54, 1.807) is 0 Å². The molecule has 0 aromatic heterocycles. The first kappa shape index (κ1) is 21.4. The van der Waals surface area contributed by atoms with Crippen LogP contribution in [0.25, 0.3) is 33.4 Å². The fourth-order valence-corrected chi connectivity index (χ4v) is 7.51. The van der Waals surface area contributed by atoms with Crippen LogP contribution in [0.3, 0.4) is 0 Å². The maximum absolute atomic E-state index is 4.18. The lowest BCUT2D eigenvalue weighted by molar-refractivity contribution is 0.828. The summed E-state index contributed by atoms with van der Waals surface area (Å²) in [5.74, 6) is 0.990. The van der Waals surface area contributed by atoms with E-state index >= 15 is 0 Å². The summed E-state index contributed by atoms with van der Waals surface area (Å²) in [5.41, 5.74) is 17.5. The molecule has 0 heteroatoms. The molecule has 174 valence electrons. The highest BCUT2D eigenvalue weighted by Gasteiger charge is 2.45. The summed E-state index contributed by atoms with van der Waals surface area (Å²) >= 11 is 0. The van der Waals surface area contributed by atoms with E-state index in [0.29, 0.717) is 17.8 Å². The van der Waals surface area contributed by atoms with Crippen molar-refractivity contribution in [2.24, 2.45) is 0 Å². The number of hydrogen-bond acceptors (Lipinski definition) is 0. The van der Waals surface area contributed by atoms with Gasteiger partial charge in [-0.1, -0.05) is 91.0 Å². The fourth-order valence-electron chi connectivity index (χ4n) is 7.51. The highest BCUT2D eigenvalue weighted by atomic mass is 14.5. The van der Waals surface area contributed by atoms with Gasteiger partial charge in [-0.2, -0.15) is 0 Å². The summed E-state index contributed by atoms with van der Waals surface area (Å²) < 4.78 is 0. The molecule has 0 spiro atoms. The van der Waals surface area contributed by atoms with Crippen LogP contribution in [0.1, 0.15) is 70.4 Å². The molecule has 0 nitrogen and oxygen atoms in total. The maximum Gasteiger partial charge on any atom is 0.0142 e. The predicted octanol–water partition coefficient (Wildman–Crippen LogP) is 9.75. The Hall–Kier alpha value is -3.90. The summed E-state index contributed by atoms with van der Waals surface area (Å²) in [4.78, 5) is 0. The van der Waals surface area contributed by atoms with Crippen LogP contribution in [0.4, 0.5) is 0 Å². The molecule has 0 fully saturated rings. The zero-order valence-corrected chi connectivity index (χ0v) is 20.6. The zero-order valence-electron chi connectivity index (χ0n) is 20.6. The molecule has 36 heavy (non-hydrogen) atoms. The van der Waals surface area contributed by atoms with Gasteiger partial charge in [-0.3, -0.25) is 0 Å². The number of allylic oxidation sites excluding steroid dienone is 3. The molecule has 0 amide bonds. The summed E-state index contributed by atoms with van der Waals surface area (Å²) in [7, 11) is 0. The number of fused-ring (bicyclic) bond motifs is 12. The molecule has 3 aliphatic carbocycles. The van der Waals surface area contributed by atoms with Crippen molar-refractivity contribution in [2.75, 3.05) is 0 Å². The quantitative estimate of drug-likeness (QED) is 0.250. The molecule has 4 aromatic rings. The topological polar surface area (TPSA) is 0 Å². The minimum absolute atomic E-state index is 0.330. The van der Waals surface area contributed by atoms with Crippen molar-refractivity contribution in [1.29, 1.82) is 0 Å². The van der Waals surface area contributed by atoms with Crippen LogP contribution in [0.2, 0.25) is 0 Å². The summed E-state index contributed by atoms with van der Waals surface area (Å²) in [6, 6.07) is 27.3. The maximum atomic E-state index is 4.18. The SMILES string of the molecule is C=CC[C@@H]1c2ccccc2-c2c1c1c(c3c2[C@@H](CC=C)c2ccccc2-3)[C@H](CC=C)c2ccccc2-1. The Morgan fingerprint density at radius 3 is 1.00 bits per heavy atom. The molecule has 0 saturated heterocycles. The van der Waals surface area contributed by atoms with Crippen LogP contribution in [0.5, 0.6) is 0 Å². The summed E-state index contributed by atoms with van der Waals surface area (Å²) in [6.07, 6.45) is 9.16. The van der Waals surface area contributed by atoms with Gasteiger partial charge in [0.25, 0.3) is 0 Å². The molecular weight excluding hydrogens is 432 g/mol. The molecule has 7 rings (SSSR count). The zero-order chi connectivity index (χ0) is 24.4. The minimum Gasteiger partial charge on any atom is -0.103 e. The molecule has 0 N–H and O–H groups in total. The summed E-state index contributed by atoms with van der Waals surface area (Å²) in [5, 5.41) is 0. The van der Waals surface area contributed by atoms with Crippen LogP contribution >= 0.6 is 0 Å². The lowest BCUT2D eigenvalue weighted by Crippen LogP contribution is -2.05. The standard InChI is InChI=1S/C36H30/c1-4-13-25-22-16-7-10-19-28(22)34-31(25)35-29-20-11-8-17-23(29)26(14-5-2)33(35)36-30-21-12-9-18-24(30)27(15-6-3)32(34)36/h4-12,16-21,25-27H,1-3,13-15H2/t25-,26-,27+/m1/s1. The van der Waals surface area contributed by atoms with Gasteiger partial charge < -0.3 is 0 Å². The second kappa shape index (κ2) is 8.07. The van der Waals surface area contributed by atoms with Crippen molar-refractivity contribution in [3.8, 4) is 33.4 Å². The third kappa shape index (κ3) is 2.65. The Kier molecular flexibility index (Phi) is 4.79. The Morgan fingerprint density at radius 1 is 0.444 bits per heavy atom. The van der Waals surface area contributed by atoms with Gasteiger partial charge in [0.2, 0.25) is 0 Å². The fraction of sp³-hybridized carbons (Fsp3) is 0.167. The van der Waals surface area contributed by atoms with Gasteiger partial charge in [0.05, 0.1) is 0 Å².